The predicted molar refractivity (Wildman–Crippen MR) is 110 cm³/mol. The van der Waals surface area contributed by atoms with Crippen molar-refractivity contribution in [3.8, 4) is 5.75 Å². The summed E-state index contributed by atoms with van der Waals surface area (Å²) >= 11 is 0. The smallest absolute Gasteiger partial charge is 0.118 e. The minimum Gasteiger partial charge on any atom is -0.497 e. The van der Waals surface area contributed by atoms with Gasteiger partial charge in [-0.25, -0.2) is 0 Å². The molecule has 3 aromatic carbocycles. The number of hydrogen-bond acceptors (Lipinski definition) is 3. The van der Waals surface area contributed by atoms with Gasteiger partial charge in [0.1, 0.15) is 5.75 Å². The van der Waals surface area contributed by atoms with Crippen LogP contribution in [0.4, 0.5) is 0 Å². The minimum absolute atomic E-state index is 0.337. The zero-order chi connectivity index (χ0) is 18.2. The van der Waals surface area contributed by atoms with E-state index < -0.39 is 0 Å². The van der Waals surface area contributed by atoms with Crippen molar-refractivity contribution in [2.45, 2.75) is 19.4 Å². The average Bonchev–Trinajstić information content (AvgIpc) is 2.70. The summed E-state index contributed by atoms with van der Waals surface area (Å²) in [7, 11) is 1.70. The van der Waals surface area contributed by atoms with Gasteiger partial charge >= 0.3 is 0 Å². The molecule has 2 N–H and O–H groups in total. The van der Waals surface area contributed by atoms with Gasteiger partial charge in [-0.3, -0.25) is 0 Å². The lowest BCUT2D eigenvalue weighted by molar-refractivity contribution is 0.414. The molecule has 0 saturated heterocycles. The number of fused-ring (bicyclic) bond motifs is 1. The van der Waals surface area contributed by atoms with Crippen molar-refractivity contribution in [1.82, 2.24) is 10.6 Å². The highest BCUT2D eigenvalue weighted by molar-refractivity contribution is 5.86. The van der Waals surface area contributed by atoms with Gasteiger partial charge in [0.05, 0.1) is 7.11 Å². The van der Waals surface area contributed by atoms with Crippen molar-refractivity contribution in [3.63, 3.8) is 0 Å². The topological polar surface area (TPSA) is 33.3 Å². The quantitative estimate of drug-likeness (QED) is 0.565. The molecule has 0 saturated carbocycles. The largest absolute Gasteiger partial charge is 0.497 e. The molecule has 1 atom stereocenters. The highest BCUT2D eigenvalue weighted by Gasteiger charge is 2.07. The van der Waals surface area contributed by atoms with Crippen LogP contribution in [-0.4, -0.2) is 26.7 Å². The summed E-state index contributed by atoms with van der Waals surface area (Å²) in [6.07, 6.45) is 1.03. The maximum absolute atomic E-state index is 5.19. The SMILES string of the molecule is COc1ccc(CCNCCN[C@H](C)c2cccc3ccccc23)cc1. The fourth-order valence-corrected chi connectivity index (χ4v) is 3.27. The van der Waals surface area contributed by atoms with Crippen molar-refractivity contribution in [2.75, 3.05) is 26.7 Å². The standard InChI is InChI=1S/C23H28N2O/c1-18(22-9-5-7-20-6-3-4-8-23(20)22)25-17-16-24-15-14-19-10-12-21(26-2)13-11-19/h3-13,18,24-25H,14-17H2,1-2H3/t18-/m1/s1. The third-order valence-electron chi connectivity index (χ3n) is 4.79. The third-order valence-corrected chi connectivity index (χ3v) is 4.79. The Labute approximate surface area is 156 Å². The molecule has 0 unspecified atom stereocenters. The molecule has 3 nitrogen and oxygen atoms in total. The van der Waals surface area contributed by atoms with Crippen LogP contribution in [0.5, 0.6) is 5.75 Å². The first-order valence-electron chi connectivity index (χ1n) is 9.32. The number of methoxy groups -OCH3 is 1. The van der Waals surface area contributed by atoms with Crippen molar-refractivity contribution in [3.05, 3.63) is 77.9 Å². The van der Waals surface area contributed by atoms with Crippen molar-refractivity contribution >= 4 is 10.8 Å². The molecular formula is C23H28N2O. The lowest BCUT2D eigenvalue weighted by Crippen LogP contribution is -2.30. The first kappa shape index (κ1) is 18.4. The molecule has 0 amide bonds. The Morgan fingerprint density at radius 3 is 2.42 bits per heavy atom. The number of rotatable bonds is 9. The molecular weight excluding hydrogens is 320 g/mol. The fourth-order valence-electron chi connectivity index (χ4n) is 3.27. The van der Waals surface area contributed by atoms with Crippen LogP contribution >= 0.6 is 0 Å². The average molecular weight is 348 g/mol. The zero-order valence-electron chi connectivity index (χ0n) is 15.7. The highest BCUT2D eigenvalue weighted by Crippen LogP contribution is 2.23. The van der Waals surface area contributed by atoms with E-state index in [1.165, 1.54) is 21.9 Å². The zero-order valence-corrected chi connectivity index (χ0v) is 15.7. The van der Waals surface area contributed by atoms with E-state index in [1.54, 1.807) is 7.11 Å². The summed E-state index contributed by atoms with van der Waals surface area (Å²) in [5, 5.41) is 9.78. The van der Waals surface area contributed by atoms with Gasteiger partial charge in [-0.15, -0.1) is 0 Å². The van der Waals surface area contributed by atoms with E-state index in [2.05, 4.69) is 72.2 Å². The van der Waals surface area contributed by atoms with Crippen molar-refractivity contribution in [1.29, 1.82) is 0 Å². The summed E-state index contributed by atoms with van der Waals surface area (Å²) < 4.78 is 5.19. The number of ether oxygens (including phenoxy) is 1. The van der Waals surface area contributed by atoms with E-state index in [-0.39, 0.29) is 0 Å². The normalized spacial score (nSPS) is 12.2. The number of benzene rings is 3. The van der Waals surface area contributed by atoms with Crippen LogP contribution in [0.3, 0.4) is 0 Å². The van der Waals surface area contributed by atoms with Crippen LogP contribution in [0.15, 0.2) is 66.7 Å². The van der Waals surface area contributed by atoms with Crippen LogP contribution in [-0.2, 0) is 6.42 Å². The molecule has 3 aromatic rings. The predicted octanol–water partition coefficient (Wildman–Crippen LogP) is 4.33. The molecule has 3 rings (SSSR count). The van der Waals surface area contributed by atoms with Crippen LogP contribution in [0.1, 0.15) is 24.1 Å². The highest BCUT2D eigenvalue weighted by atomic mass is 16.5. The van der Waals surface area contributed by atoms with E-state index >= 15 is 0 Å². The van der Waals surface area contributed by atoms with E-state index in [0.29, 0.717) is 6.04 Å². The Bertz CT molecular complexity index is 809. The molecule has 0 radical (unpaired) electrons. The van der Waals surface area contributed by atoms with Crippen LogP contribution in [0, 0.1) is 0 Å². The second kappa shape index (κ2) is 9.37. The Balaban J connectivity index is 1.40. The van der Waals surface area contributed by atoms with Crippen LogP contribution < -0.4 is 15.4 Å². The van der Waals surface area contributed by atoms with E-state index in [9.17, 15) is 0 Å². The molecule has 3 heteroatoms. The monoisotopic (exact) mass is 348 g/mol. The lowest BCUT2D eigenvalue weighted by Gasteiger charge is -2.17. The Hall–Kier alpha value is -2.36. The summed E-state index contributed by atoms with van der Waals surface area (Å²) in [5.41, 5.74) is 2.69. The number of nitrogens with one attached hydrogen (secondary N) is 2. The Kier molecular flexibility index (Phi) is 6.64. The van der Waals surface area contributed by atoms with Gasteiger partial charge < -0.3 is 15.4 Å². The molecule has 0 aliphatic heterocycles. The minimum atomic E-state index is 0.337. The van der Waals surface area contributed by atoms with E-state index in [1.807, 2.05) is 12.1 Å². The van der Waals surface area contributed by atoms with Crippen molar-refractivity contribution < 1.29 is 4.74 Å². The maximum Gasteiger partial charge on any atom is 0.118 e. The molecule has 0 aliphatic carbocycles. The van der Waals surface area contributed by atoms with Gasteiger partial charge in [0.25, 0.3) is 0 Å². The van der Waals surface area contributed by atoms with E-state index in [0.717, 1.165) is 31.8 Å². The van der Waals surface area contributed by atoms with Crippen molar-refractivity contribution in [2.24, 2.45) is 0 Å². The van der Waals surface area contributed by atoms with Crippen LogP contribution in [0.25, 0.3) is 10.8 Å². The maximum atomic E-state index is 5.19. The first-order valence-corrected chi connectivity index (χ1v) is 9.32. The fraction of sp³-hybridized carbons (Fsp3) is 0.304. The lowest BCUT2D eigenvalue weighted by atomic mass is 10.00. The molecule has 0 bridgehead atoms. The van der Waals surface area contributed by atoms with Crippen LogP contribution in [0.2, 0.25) is 0 Å². The molecule has 0 heterocycles. The van der Waals surface area contributed by atoms with Gasteiger partial charge in [-0.05, 0) is 53.9 Å². The molecule has 0 aromatic heterocycles. The first-order chi connectivity index (χ1) is 12.8. The van der Waals surface area contributed by atoms with Gasteiger partial charge in [0, 0.05) is 19.1 Å². The number of hydrogen-bond donors (Lipinski definition) is 2. The summed E-state index contributed by atoms with van der Waals surface area (Å²) in [6, 6.07) is 23.7. The molecule has 0 spiro atoms. The second-order valence-corrected chi connectivity index (χ2v) is 6.59. The summed E-state index contributed by atoms with van der Waals surface area (Å²) in [4.78, 5) is 0. The second-order valence-electron chi connectivity index (χ2n) is 6.59. The molecule has 26 heavy (non-hydrogen) atoms. The van der Waals surface area contributed by atoms with Gasteiger partial charge in [-0.2, -0.15) is 0 Å². The van der Waals surface area contributed by atoms with Gasteiger partial charge in [0.15, 0.2) is 0 Å². The van der Waals surface area contributed by atoms with Gasteiger partial charge in [0.2, 0.25) is 0 Å². The molecule has 0 fully saturated rings. The summed E-state index contributed by atoms with van der Waals surface area (Å²) in [5.74, 6) is 0.910. The summed E-state index contributed by atoms with van der Waals surface area (Å²) in [6.45, 7) is 5.13. The Morgan fingerprint density at radius 2 is 1.62 bits per heavy atom. The Morgan fingerprint density at radius 1 is 0.846 bits per heavy atom. The van der Waals surface area contributed by atoms with E-state index in [4.69, 9.17) is 4.74 Å². The molecule has 136 valence electrons. The van der Waals surface area contributed by atoms with Gasteiger partial charge in [-0.1, -0.05) is 54.6 Å². The molecule has 0 aliphatic rings. The third kappa shape index (κ3) is 4.84.